The Hall–Kier alpha value is -2.14. The standard InChI is InChI=1S/C16H14ClNO4/c1-9(19)22-8-10-6-13-14(15(20)16(17)21)11-4-2-3-5-12(11)18(13)7-10/h2-5,10H,6-8H2,1H3. The van der Waals surface area contributed by atoms with E-state index in [9.17, 15) is 14.4 Å². The van der Waals surface area contributed by atoms with Gasteiger partial charge < -0.3 is 9.30 Å². The first-order valence-electron chi connectivity index (χ1n) is 6.96. The molecule has 2 heterocycles. The Morgan fingerprint density at radius 3 is 2.73 bits per heavy atom. The van der Waals surface area contributed by atoms with E-state index in [2.05, 4.69) is 0 Å². The number of fused-ring (bicyclic) bond motifs is 3. The van der Waals surface area contributed by atoms with Gasteiger partial charge >= 0.3 is 5.97 Å². The van der Waals surface area contributed by atoms with Crippen LogP contribution in [0.2, 0.25) is 0 Å². The Morgan fingerprint density at radius 1 is 1.32 bits per heavy atom. The number of carbonyl (C=O) groups is 3. The Morgan fingerprint density at radius 2 is 2.05 bits per heavy atom. The van der Waals surface area contributed by atoms with Gasteiger partial charge in [0.25, 0.3) is 5.24 Å². The van der Waals surface area contributed by atoms with Gasteiger partial charge in [-0.2, -0.15) is 0 Å². The third kappa shape index (κ3) is 2.41. The molecular weight excluding hydrogens is 306 g/mol. The number of hydrogen-bond donors (Lipinski definition) is 0. The van der Waals surface area contributed by atoms with Gasteiger partial charge in [0.15, 0.2) is 0 Å². The van der Waals surface area contributed by atoms with Crippen LogP contribution in [-0.4, -0.2) is 28.2 Å². The van der Waals surface area contributed by atoms with Crippen molar-refractivity contribution in [2.75, 3.05) is 6.61 Å². The maximum absolute atomic E-state index is 12.2. The van der Waals surface area contributed by atoms with Crippen LogP contribution in [0.3, 0.4) is 0 Å². The molecule has 1 aliphatic rings. The minimum Gasteiger partial charge on any atom is -0.465 e. The molecule has 0 saturated heterocycles. The van der Waals surface area contributed by atoms with Crippen LogP contribution in [0.4, 0.5) is 0 Å². The maximum atomic E-state index is 12.2. The summed E-state index contributed by atoms with van der Waals surface area (Å²) in [5, 5.41) is -0.245. The quantitative estimate of drug-likeness (QED) is 0.375. The van der Waals surface area contributed by atoms with Crippen molar-refractivity contribution in [3.63, 3.8) is 0 Å². The van der Waals surface area contributed by atoms with Crippen molar-refractivity contribution in [1.82, 2.24) is 4.57 Å². The third-order valence-corrected chi connectivity index (χ3v) is 4.10. The molecule has 5 nitrogen and oxygen atoms in total. The number of hydrogen-bond acceptors (Lipinski definition) is 4. The predicted octanol–water partition coefficient (Wildman–Crippen LogP) is 2.32. The minimum atomic E-state index is -0.984. The number of ketones is 1. The summed E-state index contributed by atoms with van der Waals surface area (Å²) in [6.45, 7) is 2.31. The molecule has 114 valence electrons. The second-order valence-corrected chi connectivity index (χ2v) is 5.77. The highest BCUT2D eigenvalue weighted by Gasteiger charge is 2.32. The van der Waals surface area contributed by atoms with Gasteiger partial charge in [0.1, 0.15) is 0 Å². The molecule has 0 spiro atoms. The molecule has 1 unspecified atom stereocenters. The van der Waals surface area contributed by atoms with Crippen LogP contribution in [0.15, 0.2) is 24.3 Å². The van der Waals surface area contributed by atoms with Crippen LogP contribution >= 0.6 is 11.6 Å². The fraction of sp³-hybridized carbons (Fsp3) is 0.312. The third-order valence-electron chi connectivity index (χ3n) is 3.93. The number of Topliss-reactive ketones (excluding diaryl/α,β-unsaturated/α-hetero) is 1. The Bertz CT molecular complexity index is 793. The SMILES string of the molecule is CC(=O)OCC1Cc2c(C(=O)C(=O)Cl)c3ccccc3n2C1. The van der Waals surface area contributed by atoms with Crippen molar-refractivity contribution in [3.8, 4) is 0 Å². The summed E-state index contributed by atoms with van der Waals surface area (Å²) in [7, 11) is 0. The average Bonchev–Trinajstić information content (AvgIpc) is 3.00. The monoisotopic (exact) mass is 319 g/mol. The Kier molecular flexibility index (Phi) is 3.74. The molecule has 1 atom stereocenters. The van der Waals surface area contributed by atoms with Gasteiger partial charge in [-0.3, -0.25) is 14.4 Å². The van der Waals surface area contributed by atoms with Gasteiger partial charge in [-0.05, 0) is 24.1 Å². The fourth-order valence-corrected chi connectivity index (χ4v) is 3.17. The lowest BCUT2D eigenvalue weighted by Gasteiger charge is -2.09. The van der Waals surface area contributed by atoms with Crippen LogP contribution in [0.5, 0.6) is 0 Å². The van der Waals surface area contributed by atoms with Gasteiger partial charge in [-0.15, -0.1) is 0 Å². The van der Waals surface area contributed by atoms with Crippen LogP contribution in [0.25, 0.3) is 10.9 Å². The number of halogens is 1. The Balaban J connectivity index is 2.03. The number of aromatic nitrogens is 1. The summed E-state index contributed by atoms with van der Waals surface area (Å²) in [5.74, 6) is -0.908. The fourth-order valence-electron chi connectivity index (χ4n) is 3.07. The minimum absolute atomic E-state index is 0.0977. The number of nitrogens with zero attached hydrogens (tertiary/aromatic N) is 1. The molecule has 1 aliphatic heterocycles. The smallest absolute Gasteiger partial charge is 0.302 e. The highest BCUT2D eigenvalue weighted by molar-refractivity contribution is 6.83. The maximum Gasteiger partial charge on any atom is 0.302 e. The first-order chi connectivity index (χ1) is 10.5. The predicted molar refractivity (Wildman–Crippen MR) is 81.0 cm³/mol. The molecule has 1 aromatic carbocycles. The Labute approximate surface area is 131 Å². The number of ether oxygens (including phenoxy) is 1. The highest BCUT2D eigenvalue weighted by atomic mass is 35.5. The van der Waals surface area contributed by atoms with Crippen LogP contribution in [0.1, 0.15) is 23.0 Å². The summed E-state index contributed by atoms with van der Waals surface area (Å²) < 4.78 is 7.07. The van der Waals surface area contributed by atoms with Crippen molar-refractivity contribution in [2.24, 2.45) is 5.92 Å². The number of rotatable bonds is 4. The molecule has 1 aromatic heterocycles. The number of esters is 1. The summed E-state index contributed by atoms with van der Waals surface area (Å²) in [6.07, 6.45) is 0.577. The lowest BCUT2D eigenvalue weighted by Crippen LogP contribution is -2.14. The molecule has 0 fully saturated rings. The zero-order valence-electron chi connectivity index (χ0n) is 12.0. The van der Waals surface area contributed by atoms with Crippen molar-refractivity contribution in [1.29, 1.82) is 0 Å². The topological polar surface area (TPSA) is 65.4 Å². The molecule has 0 N–H and O–H groups in total. The molecule has 0 amide bonds. The van der Waals surface area contributed by atoms with Crippen molar-refractivity contribution in [3.05, 3.63) is 35.5 Å². The van der Waals surface area contributed by atoms with E-state index in [4.69, 9.17) is 16.3 Å². The zero-order chi connectivity index (χ0) is 15.9. The molecule has 6 heteroatoms. The van der Waals surface area contributed by atoms with Crippen LogP contribution in [-0.2, 0) is 27.3 Å². The van der Waals surface area contributed by atoms with E-state index in [1.807, 2.05) is 28.8 Å². The molecule has 2 aromatic rings. The first-order valence-corrected chi connectivity index (χ1v) is 7.34. The summed E-state index contributed by atoms with van der Waals surface area (Å²) in [5.41, 5.74) is 2.06. The number of carbonyl (C=O) groups excluding carboxylic acids is 3. The molecule has 0 bridgehead atoms. The summed E-state index contributed by atoms with van der Waals surface area (Å²) in [6, 6.07) is 7.42. The van der Waals surface area contributed by atoms with E-state index >= 15 is 0 Å². The van der Waals surface area contributed by atoms with E-state index in [1.165, 1.54) is 6.92 Å². The molecule has 0 radical (unpaired) electrons. The van der Waals surface area contributed by atoms with Crippen LogP contribution in [0, 0.1) is 5.92 Å². The van der Waals surface area contributed by atoms with Crippen molar-refractivity contribution >= 4 is 39.5 Å². The lowest BCUT2D eigenvalue weighted by molar-refractivity contribution is -0.142. The van der Waals surface area contributed by atoms with Crippen molar-refractivity contribution in [2.45, 2.75) is 19.9 Å². The van der Waals surface area contributed by atoms with E-state index in [-0.39, 0.29) is 11.9 Å². The van der Waals surface area contributed by atoms with Gasteiger partial charge in [0.05, 0.1) is 12.2 Å². The van der Waals surface area contributed by atoms with E-state index in [0.29, 0.717) is 25.1 Å². The van der Waals surface area contributed by atoms with Gasteiger partial charge in [-0.25, -0.2) is 0 Å². The summed E-state index contributed by atoms with van der Waals surface area (Å²) in [4.78, 5) is 34.4. The second kappa shape index (κ2) is 5.57. The lowest BCUT2D eigenvalue weighted by atomic mass is 10.0. The highest BCUT2D eigenvalue weighted by Crippen LogP contribution is 2.34. The van der Waals surface area contributed by atoms with E-state index < -0.39 is 11.0 Å². The largest absolute Gasteiger partial charge is 0.465 e. The zero-order valence-corrected chi connectivity index (χ0v) is 12.7. The molecule has 3 rings (SSSR count). The van der Waals surface area contributed by atoms with E-state index in [1.54, 1.807) is 0 Å². The first kappa shape index (κ1) is 14.8. The van der Waals surface area contributed by atoms with E-state index in [0.717, 1.165) is 16.6 Å². The normalized spacial score (nSPS) is 16.5. The summed E-state index contributed by atoms with van der Waals surface area (Å²) >= 11 is 5.39. The molecular formula is C16H14ClNO4. The average molecular weight is 320 g/mol. The molecule has 22 heavy (non-hydrogen) atoms. The van der Waals surface area contributed by atoms with Crippen molar-refractivity contribution < 1.29 is 19.1 Å². The molecule has 0 saturated carbocycles. The second-order valence-electron chi connectivity index (χ2n) is 5.43. The number of benzene rings is 1. The number of para-hydroxylation sites is 1. The van der Waals surface area contributed by atoms with Gasteiger partial charge in [0.2, 0.25) is 5.78 Å². The van der Waals surface area contributed by atoms with Crippen LogP contribution < -0.4 is 0 Å². The molecule has 0 aliphatic carbocycles. The van der Waals surface area contributed by atoms with Gasteiger partial charge in [-0.1, -0.05) is 18.2 Å². The van der Waals surface area contributed by atoms with Gasteiger partial charge in [0, 0.05) is 36.0 Å².